The van der Waals surface area contributed by atoms with Gasteiger partial charge in [0.15, 0.2) is 0 Å². The first kappa shape index (κ1) is 47.0. The van der Waals surface area contributed by atoms with Crippen molar-refractivity contribution >= 4 is 41.0 Å². The van der Waals surface area contributed by atoms with Crippen molar-refractivity contribution in [3.63, 3.8) is 0 Å². The van der Waals surface area contributed by atoms with E-state index in [2.05, 4.69) is 31.2 Å². The fraction of sp³-hybridized carbons (Fsp3) is 0.522. The van der Waals surface area contributed by atoms with Crippen molar-refractivity contribution in [1.82, 2.24) is 41.1 Å². The monoisotopic (exact) mass is 861 g/mol. The Morgan fingerprint density at radius 1 is 0.855 bits per heavy atom. The number of esters is 1. The third kappa shape index (κ3) is 14.0. The molecule has 16 heteroatoms. The Morgan fingerprint density at radius 2 is 1.53 bits per heavy atom. The maximum Gasteiger partial charge on any atom is 0.407 e. The lowest BCUT2D eigenvalue weighted by Crippen LogP contribution is -2.50. The van der Waals surface area contributed by atoms with Gasteiger partial charge in [0.2, 0.25) is 5.91 Å². The van der Waals surface area contributed by atoms with Crippen LogP contribution in [0.1, 0.15) is 119 Å². The minimum absolute atomic E-state index is 0. The minimum atomic E-state index is -1.19. The summed E-state index contributed by atoms with van der Waals surface area (Å²) < 4.78 is 16.4. The molecule has 0 aliphatic carbocycles. The highest BCUT2D eigenvalue weighted by atomic mass is 16.6. The first-order chi connectivity index (χ1) is 29.3. The Kier molecular flexibility index (Phi) is 15.7. The molecule has 0 spiro atoms. The Morgan fingerprint density at radius 3 is 2.23 bits per heavy atom. The van der Waals surface area contributed by atoms with Crippen LogP contribution >= 0.6 is 0 Å². The highest BCUT2D eigenvalue weighted by Gasteiger charge is 2.37. The molecule has 2 aromatic carbocycles. The summed E-state index contributed by atoms with van der Waals surface area (Å²) in [6, 6.07) is 15.3. The number of likely N-dealkylation sites (tertiary alicyclic amines) is 1. The number of para-hydroxylation sites is 1. The van der Waals surface area contributed by atoms with E-state index >= 15 is 0 Å². The molecule has 1 saturated heterocycles. The fourth-order valence-corrected chi connectivity index (χ4v) is 7.03. The lowest BCUT2D eigenvalue weighted by Gasteiger charge is -2.33. The maximum atomic E-state index is 14.1. The van der Waals surface area contributed by atoms with Crippen LogP contribution in [0.2, 0.25) is 0 Å². The number of amides is 5. The third-order valence-corrected chi connectivity index (χ3v) is 10.5. The molecular weight excluding hydrogens is 793 g/mol. The number of benzene rings is 2. The van der Waals surface area contributed by atoms with Gasteiger partial charge in [0.25, 0.3) is 0 Å². The highest BCUT2D eigenvalue weighted by molar-refractivity contribution is 5.91. The third-order valence-electron chi connectivity index (χ3n) is 10.5. The first-order valence-corrected chi connectivity index (χ1v) is 21.4. The predicted octanol–water partition coefficient (Wildman–Crippen LogP) is 7.57. The average Bonchev–Trinajstić information content (AvgIpc) is 3.87. The van der Waals surface area contributed by atoms with E-state index in [0.29, 0.717) is 63.3 Å². The van der Waals surface area contributed by atoms with Crippen molar-refractivity contribution in [2.24, 2.45) is 0 Å². The molecule has 2 atom stereocenters. The standard InChI is InChI=1S/C46H64N8O8.2H2/c1-44(2,3)61-39(55)35(20-14-15-23-47-42(58)60-29-30-16-10-9-11-17-30)51-40(56)46(7,8)37-28-49-38(53-37)36(26-31-27-48-34-19-13-12-18-33(31)34)52-41(57)54-24-21-32(22-25-54)50-43(59)62-45(4,5)6;;/h9-13,16-19,27-28,32,35-36,48H,14-15,20-26,29H2,1-8H3,(H,47,58)(H,49,53)(H,50,59)(H,51,56)(H,52,57);2*1H/t35-,36-;;/m1../s1. The van der Waals surface area contributed by atoms with Gasteiger partial charge >= 0.3 is 24.2 Å². The number of urea groups is 1. The largest absolute Gasteiger partial charge is 0.458 e. The number of alkyl carbamates (subject to hydrolysis) is 2. The predicted molar refractivity (Wildman–Crippen MR) is 239 cm³/mol. The molecule has 62 heavy (non-hydrogen) atoms. The van der Waals surface area contributed by atoms with E-state index in [1.807, 2.05) is 81.6 Å². The normalized spacial score (nSPS) is 14.7. The fourth-order valence-electron chi connectivity index (χ4n) is 7.03. The Hall–Kier alpha value is -6.06. The molecule has 6 N–H and O–H groups in total. The van der Waals surface area contributed by atoms with E-state index in [1.54, 1.807) is 45.7 Å². The van der Waals surface area contributed by atoms with Crippen LogP contribution in [0.15, 0.2) is 67.0 Å². The lowest BCUT2D eigenvalue weighted by atomic mass is 9.88. The summed E-state index contributed by atoms with van der Waals surface area (Å²) in [4.78, 5) is 79.0. The molecule has 1 aliphatic rings. The summed E-state index contributed by atoms with van der Waals surface area (Å²) in [6.45, 7) is 15.5. The Bertz CT molecular complexity index is 2140. The van der Waals surface area contributed by atoms with Gasteiger partial charge < -0.3 is 50.3 Å². The SMILES string of the molecule is CC(C)(C)OC(=O)NC1CCN(C(=O)N[C@H](Cc2c[nH]c3ccccc23)c2ncc(C(C)(C)C(=O)N[C@H](CCCCNC(=O)OCc3ccccc3)C(=O)OC(C)(C)C)[nH]2)CC1.[HH].[HH]. The number of nitrogens with one attached hydrogen (secondary N) is 6. The number of aromatic amines is 2. The first-order valence-electron chi connectivity index (χ1n) is 21.4. The average molecular weight is 861 g/mol. The van der Waals surface area contributed by atoms with Crippen molar-refractivity contribution < 1.29 is 41.0 Å². The van der Waals surface area contributed by atoms with E-state index in [0.717, 1.165) is 22.0 Å². The van der Waals surface area contributed by atoms with Crippen molar-refractivity contribution in [3.05, 3.63) is 89.6 Å². The van der Waals surface area contributed by atoms with Gasteiger partial charge in [0.05, 0.1) is 11.5 Å². The summed E-state index contributed by atoms with van der Waals surface area (Å²) in [5, 5.41) is 12.8. The Labute approximate surface area is 367 Å². The number of hydrogen-bond donors (Lipinski definition) is 6. The second-order valence-electron chi connectivity index (χ2n) is 18.3. The molecule has 5 amide bonds. The van der Waals surface area contributed by atoms with Crippen LogP contribution in [-0.2, 0) is 42.2 Å². The molecule has 1 fully saturated rings. The van der Waals surface area contributed by atoms with Gasteiger partial charge in [0, 0.05) is 63.9 Å². The summed E-state index contributed by atoms with van der Waals surface area (Å²) in [5.41, 5.74) is 0.716. The van der Waals surface area contributed by atoms with Crippen LogP contribution in [0.4, 0.5) is 14.4 Å². The summed E-state index contributed by atoms with van der Waals surface area (Å²) in [6.07, 6.45) is 5.34. The summed E-state index contributed by atoms with van der Waals surface area (Å²) in [7, 11) is 0. The zero-order chi connectivity index (χ0) is 45.1. The lowest BCUT2D eigenvalue weighted by molar-refractivity contribution is -0.159. The second kappa shape index (κ2) is 20.7. The van der Waals surface area contributed by atoms with Crippen molar-refractivity contribution in [3.8, 4) is 0 Å². The van der Waals surface area contributed by atoms with Gasteiger partial charge in [-0.1, -0.05) is 48.5 Å². The van der Waals surface area contributed by atoms with Crippen LogP contribution < -0.4 is 21.3 Å². The number of imidazole rings is 1. The van der Waals surface area contributed by atoms with Crippen LogP contribution in [0.5, 0.6) is 0 Å². The van der Waals surface area contributed by atoms with E-state index < -0.39 is 52.8 Å². The van der Waals surface area contributed by atoms with Gasteiger partial charge in [-0.2, -0.15) is 0 Å². The quantitative estimate of drug-likeness (QED) is 0.0373. The van der Waals surface area contributed by atoms with Crippen molar-refractivity contribution in [2.45, 2.75) is 135 Å². The van der Waals surface area contributed by atoms with Crippen LogP contribution in [0.3, 0.4) is 0 Å². The molecule has 0 saturated carbocycles. The number of unbranched alkanes of at least 4 members (excludes halogenated alkanes) is 1. The number of fused-ring (bicyclic) bond motifs is 1. The molecule has 3 heterocycles. The van der Waals surface area contributed by atoms with E-state index in [9.17, 15) is 24.0 Å². The van der Waals surface area contributed by atoms with E-state index in [4.69, 9.17) is 19.2 Å². The van der Waals surface area contributed by atoms with Crippen molar-refractivity contribution in [2.75, 3.05) is 19.6 Å². The number of carbonyl (C=O) groups excluding carboxylic acids is 5. The number of hydrogen-bond acceptors (Lipinski definition) is 9. The van der Waals surface area contributed by atoms with Gasteiger partial charge in [-0.05, 0) is 105 Å². The minimum Gasteiger partial charge on any atom is -0.458 e. The molecule has 1 aliphatic heterocycles. The molecule has 340 valence electrons. The van der Waals surface area contributed by atoms with Crippen LogP contribution in [-0.4, -0.2) is 92.9 Å². The number of ether oxygens (including phenoxy) is 3. The number of H-pyrrole nitrogens is 2. The number of nitrogens with zero attached hydrogens (tertiary/aromatic N) is 2. The molecule has 2 aromatic heterocycles. The number of aromatic nitrogens is 3. The van der Waals surface area contributed by atoms with Crippen LogP contribution in [0, 0.1) is 0 Å². The topological polar surface area (TPSA) is 209 Å². The molecule has 16 nitrogen and oxygen atoms in total. The molecular formula is C46H68N8O8. The Balaban J connectivity index is 0.00000544. The van der Waals surface area contributed by atoms with Gasteiger partial charge in [-0.3, -0.25) is 4.79 Å². The molecule has 0 radical (unpaired) electrons. The zero-order valence-corrected chi connectivity index (χ0v) is 37.3. The van der Waals surface area contributed by atoms with Crippen molar-refractivity contribution in [1.29, 1.82) is 0 Å². The van der Waals surface area contributed by atoms with Gasteiger partial charge in [0.1, 0.15) is 29.7 Å². The molecule has 0 bridgehead atoms. The number of carbonyl (C=O) groups is 5. The second-order valence-corrected chi connectivity index (χ2v) is 18.3. The molecule has 5 rings (SSSR count). The highest BCUT2D eigenvalue weighted by Crippen LogP contribution is 2.28. The van der Waals surface area contributed by atoms with Gasteiger partial charge in [-0.15, -0.1) is 0 Å². The molecule has 0 unspecified atom stereocenters. The smallest absolute Gasteiger partial charge is 0.407 e. The van der Waals surface area contributed by atoms with Gasteiger partial charge in [-0.25, -0.2) is 24.2 Å². The number of piperidine rings is 1. The van der Waals surface area contributed by atoms with Crippen LogP contribution in [0.25, 0.3) is 10.9 Å². The summed E-state index contributed by atoms with van der Waals surface area (Å²) in [5.74, 6) is -0.529. The zero-order valence-electron chi connectivity index (χ0n) is 37.3. The summed E-state index contributed by atoms with van der Waals surface area (Å²) >= 11 is 0. The number of rotatable bonds is 16. The maximum absolute atomic E-state index is 14.1. The molecule has 4 aromatic rings. The van der Waals surface area contributed by atoms with E-state index in [-0.39, 0.29) is 28.0 Å². The van der Waals surface area contributed by atoms with E-state index in [1.165, 1.54) is 0 Å².